The highest BCUT2D eigenvalue weighted by Crippen LogP contribution is 2.22. The molecule has 0 fully saturated rings. The van der Waals surface area contributed by atoms with Gasteiger partial charge >= 0.3 is 0 Å². The number of amides is 1. The van der Waals surface area contributed by atoms with E-state index >= 15 is 0 Å². The van der Waals surface area contributed by atoms with Gasteiger partial charge in [0.05, 0.1) is 10.2 Å². The van der Waals surface area contributed by atoms with E-state index in [9.17, 15) is 4.79 Å². The van der Waals surface area contributed by atoms with Crippen LogP contribution in [0.5, 0.6) is 0 Å². The van der Waals surface area contributed by atoms with Gasteiger partial charge in [-0.2, -0.15) is 0 Å². The molecule has 1 aromatic heterocycles. The molecule has 0 saturated carbocycles. The van der Waals surface area contributed by atoms with Crippen LogP contribution in [-0.4, -0.2) is 30.4 Å². The van der Waals surface area contributed by atoms with Crippen molar-refractivity contribution in [3.63, 3.8) is 0 Å². The molecular formula is C16H19BrN2OS. The maximum absolute atomic E-state index is 12.4. The van der Waals surface area contributed by atoms with Gasteiger partial charge in [0.15, 0.2) is 0 Å². The van der Waals surface area contributed by atoms with Crippen LogP contribution in [0.4, 0.5) is 0 Å². The zero-order chi connectivity index (χ0) is 15.1. The minimum atomic E-state index is 0.144. The normalized spacial score (nSPS) is 10.6. The molecule has 1 aromatic carbocycles. The summed E-state index contributed by atoms with van der Waals surface area (Å²) < 4.78 is 1.06. The monoisotopic (exact) mass is 366 g/mol. The van der Waals surface area contributed by atoms with E-state index in [4.69, 9.17) is 5.73 Å². The van der Waals surface area contributed by atoms with Crippen molar-refractivity contribution in [3.05, 3.63) is 56.7 Å². The number of hydrogen-bond donors (Lipinski definition) is 1. The molecule has 1 heterocycles. The minimum absolute atomic E-state index is 0.144. The van der Waals surface area contributed by atoms with Crippen LogP contribution in [0.1, 0.15) is 10.4 Å². The molecule has 0 aliphatic rings. The highest BCUT2D eigenvalue weighted by atomic mass is 79.9. The van der Waals surface area contributed by atoms with E-state index in [-0.39, 0.29) is 5.91 Å². The Morgan fingerprint density at radius 2 is 1.90 bits per heavy atom. The van der Waals surface area contributed by atoms with Gasteiger partial charge in [-0.3, -0.25) is 4.79 Å². The number of thiophene rings is 1. The van der Waals surface area contributed by atoms with Crippen LogP contribution in [0.3, 0.4) is 0 Å². The first-order valence-corrected chi connectivity index (χ1v) is 8.56. The van der Waals surface area contributed by atoms with Gasteiger partial charge in [-0.15, -0.1) is 11.3 Å². The minimum Gasteiger partial charge on any atom is -0.341 e. The summed E-state index contributed by atoms with van der Waals surface area (Å²) in [7, 11) is 0. The highest BCUT2D eigenvalue weighted by Gasteiger charge is 2.14. The molecule has 2 N–H and O–H groups in total. The Hall–Kier alpha value is -1.17. The Labute approximate surface area is 137 Å². The fourth-order valence-electron chi connectivity index (χ4n) is 2.13. The van der Waals surface area contributed by atoms with Crippen LogP contribution in [0, 0.1) is 0 Å². The Morgan fingerprint density at radius 3 is 2.52 bits per heavy atom. The highest BCUT2D eigenvalue weighted by molar-refractivity contribution is 9.11. The molecule has 21 heavy (non-hydrogen) atoms. The maximum Gasteiger partial charge on any atom is 0.227 e. The fourth-order valence-corrected chi connectivity index (χ4v) is 3.61. The van der Waals surface area contributed by atoms with E-state index in [0.717, 1.165) is 15.1 Å². The zero-order valence-electron chi connectivity index (χ0n) is 11.8. The summed E-state index contributed by atoms with van der Waals surface area (Å²) in [6, 6.07) is 14.2. The molecule has 112 valence electrons. The lowest BCUT2D eigenvalue weighted by molar-refractivity contribution is -0.130. The number of hydrogen-bond acceptors (Lipinski definition) is 3. The number of nitrogens with zero attached hydrogens (tertiary/aromatic N) is 1. The molecular weight excluding hydrogens is 348 g/mol. The summed E-state index contributed by atoms with van der Waals surface area (Å²) in [5, 5.41) is 0. The van der Waals surface area contributed by atoms with Gasteiger partial charge in [0.2, 0.25) is 5.91 Å². The molecule has 5 heteroatoms. The van der Waals surface area contributed by atoms with Gasteiger partial charge in [0.1, 0.15) is 0 Å². The van der Waals surface area contributed by atoms with Crippen molar-refractivity contribution in [1.82, 2.24) is 4.90 Å². The Morgan fingerprint density at radius 1 is 1.14 bits per heavy atom. The van der Waals surface area contributed by atoms with E-state index < -0.39 is 0 Å². The second-order valence-electron chi connectivity index (χ2n) is 4.79. The van der Waals surface area contributed by atoms with Crippen molar-refractivity contribution in [1.29, 1.82) is 0 Å². The van der Waals surface area contributed by atoms with E-state index in [1.165, 1.54) is 5.56 Å². The van der Waals surface area contributed by atoms with Gasteiger partial charge in [-0.05, 0) is 40.0 Å². The maximum atomic E-state index is 12.4. The lowest BCUT2D eigenvalue weighted by atomic mass is 10.1. The lowest BCUT2D eigenvalue weighted by Gasteiger charge is -2.22. The predicted octanol–water partition coefficient (Wildman–Crippen LogP) is 3.08. The third-order valence-electron chi connectivity index (χ3n) is 3.22. The fraction of sp³-hybridized carbons (Fsp3) is 0.312. The second kappa shape index (κ2) is 8.32. The average molecular weight is 367 g/mol. The first-order valence-electron chi connectivity index (χ1n) is 6.95. The van der Waals surface area contributed by atoms with E-state index in [0.29, 0.717) is 26.1 Å². The SMILES string of the molecule is NCCN(CCc1ccccc1)C(=O)Cc1ccc(Br)s1. The number of carbonyl (C=O) groups excluding carboxylic acids is 1. The van der Waals surface area contributed by atoms with E-state index in [1.807, 2.05) is 35.2 Å². The molecule has 0 atom stereocenters. The number of carbonyl (C=O) groups is 1. The van der Waals surface area contributed by atoms with Crippen molar-refractivity contribution in [3.8, 4) is 0 Å². The molecule has 2 rings (SSSR count). The summed E-state index contributed by atoms with van der Waals surface area (Å²) in [6.45, 7) is 1.82. The number of halogens is 1. The Kier molecular flexibility index (Phi) is 6.42. The van der Waals surface area contributed by atoms with Gasteiger partial charge in [0.25, 0.3) is 0 Å². The van der Waals surface area contributed by atoms with E-state index in [1.54, 1.807) is 11.3 Å². The van der Waals surface area contributed by atoms with Crippen LogP contribution < -0.4 is 5.73 Å². The summed E-state index contributed by atoms with van der Waals surface area (Å²) >= 11 is 5.03. The first kappa shape index (κ1) is 16.2. The largest absolute Gasteiger partial charge is 0.341 e. The van der Waals surface area contributed by atoms with E-state index in [2.05, 4.69) is 28.1 Å². The zero-order valence-corrected chi connectivity index (χ0v) is 14.2. The number of nitrogens with two attached hydrogens (primary N) is 1. The van der Waals surface area contributed by atoms with Crippen molar-refractivity contribution in [2.75, 3.05) is 19.6 Å². The predicted molar refractivity (Wildman–Crippen MR) is 91.5 cm³/mol. The van der Waals surface area contributed by atoms with Gasteiger partial charge in [-0.1, -0.05) is 30.3 Å². The summed E-state index contributed by atoms with van der Waals surface area (Å²) in [4.78, 5) is 15.3. The standard InChI is InChI=1S/C16H19BrN2OS/c17-15-7-6-14(21-15)12-16(20)19(11-9-18)10-8-13-4-2-1-3-5-13/h1-7H,8-12,18H2. The molecule has 0 spiro atoms. The molecule has 2 aromatic rings. The molecule has 0 aliphatic heterocycles. The van der Waals surface area contributed by atoms with Crippen molar-refractivity contribution >= 4 is 33.2 Å². The molecule has 0 saturated heterocycles. The van der Waals surface area contributed by atoms with Crippen molar-refractivity contribution in [2.45, 2.75) is 12.8 Å². The summed E-state index contributed by atoms with van der Waals surface area (Å²) in [5.41, 5.74) is 6.88. The average Bonchev–Trinajstić information content (AvgIpc) is 2.89. The molecule has 0 bridgehead atoms. The third-order valence-corrected chi connectivity index (χ3v) is 4.84. The van der Waals surface area contributed by atoms with Crippen molar-refractivity contribution < 1.29 is 4.79 Å². The Bertz CT molecular complexity index is 571. The number of rotatable bonds is 7. The lowest BCUT2D eigenvalue weighted by Crippen LogP contribution is -2.37. The van der Waals surface area contributed by atoms with Crippen LogP contribution in [0.2, 0.25) is 0 Å². The van der Waals surface area contributed by atoms with Crippen LogP contribution in [0.25, 0.3) is 0 Å². The van der Waals surface area contributed by atoms with Crippen LogP contribution in [0.15, 0.2) is 46.3 Å². The quantitative estimate of drug-likeness (QED) is 0.818. The van der Waals surface area contributed by atoms with Crippen LogP contribution in [-0.2, 0) is 17.6 Å². The molecule has 0 aliphatic carbocycles. The molecule has 1 amide bonds. The third kappa shape index (κ3) is 5.26. The smallest absolute Gasteiger partial charge is 0.227 e. The molecule has 0 unspecified atom stereocenters. The van der Waals surface area contributed by atoms with Crippen molar-refractivity contribution in [2.24, 2.45) is 5.73 Å². The molecule has 3 nitrogen and oxygen atoms in total. The van der Waals surface area contributed by atoms with Gasteiger partial charge in [-0.25, -0.2) is 0 Å². The molecule has 0 radical (unpaired) electrons. The number of benzene rings is 1. The van der Waals surface area contributed by atoms with Crippen LogP contribution >= 0.6 is 27.3 Å². The van der Waals surface area contributed by atoms with Gasteiger partial charge < -0.3 is 10.6 Å². The first-order chi connectivity index (χ1) is 10.2. The van der Waals surface area contributed by atoms with Gasteiger partial charge in [0, 0.05) is 24.5 Å². The summed E-state index contributed by atoms with van der Waals surface area (Å²) in [5.74, 6) is 0.144. The summed E-state index contributed by atoms with van der Waals surface area (Å²) in [6.07, 6.45) is 1.31. The second-order valence-corrected chi connectivity index (χ2v) is 7.34. The Balaban J connectivity index is 1.92. The topological polar surface area (TPSA) is 46.3 Å².